The minimum atomic E-state index is -3.65. The van der Waals surface area contributed by atoms with Crippen molar-refractivity contribution in [1.82, 2.24) is 5.32 Å². The number of hydrogen-bond donors (Lipinski definition) is 1. The Hall–Kier alpha value is -1.88. The van der Waals surface area contributed by atoms with E-state index in [1.165, 1.54) is 25.1 Å². The van der Waals surface area contributed by atoms with Gasteiger partial charge in [0.05, 0.1) is 6.07 Å². The average Bonchev–Trinajstić information content (AvgIpc) is 2.52. The molecule has 0 spiro atoms. The van der Waals surface area contributed by atoms with Crippen LogP contribution in [0.2, 0.25) is 0 Å². The lowest BCUT2D eigenvalue weighted by Gasteiger charge is -2.41. The summed E-state index contributed by atoms with van der Waals surface area (Å²) < 4.78 is 48.9. The molecular formula is C19H25F3N2O2S. The summed E-state index contributed by atoms with van der Waals surface area (Å²) in [5, 5.41) is 11.4. The summed E-state index contributed by atoms with van der Waals surface area (Å²) in [5.74, 6) is -4.54. The molecule has 0 saturated carbocycles. The van der Waals surface area contributed by atoms with E-state index in [-0.39, 0.29) is 5.56 Å². The van der Waals surface area contributed by atoms with Crippen molar-refractivity contribution in [2.45, 2.75) is 62.8 Å². The van der Waals surface area contributed by atoms with Gasteiger partial charge in [0.25, 0.3) is 5.92 Å². The second-order valence-electron chi connectivity index (χ2n) is 7.66. The van der Waals surface area contributed by atoms with Crippen molar-refractivity contribution >= 4 is 17.9 Å². The Labute approximate surface area is 162 Å². The predicted octanol–water partition coefficient (Wildman–Crippen LogP) is 5.24. The van der Waals surface area contributed by atoms with Crippen molar-refractivity contribution in [2.75, 3.05) is 6.26 Å². The van der Waals surface area contributed by atoms with E-state index < -0.39 is 40.1 Å². The lowest BCUT2D eigenvalue weighted by Crippen LogP contribution is -2.58. The molecular weight excluding hydrogens is 377 g/mol. The van der Waals surface area contributed by atoms with Crippen LogP contribution in [-0.2, 0) is 10.3 Å². The first kappa shape index (κ1) is 23.2. The summed E-state index contributed by atoms with van der Waals surface area (Å²) >= 11 is 0.965. The Morgan fingerprint density at radius 2 is 1.78 bits per heavy atom. The van der Waals surface area contributed by atoms with Crippen LogP contribution in [-0.4, -0.2) is 28.6 Å². The number of benzene rings is 1. The van der Waals surface area contributed by atoms with Gasteiger partial charge in [0, 0.05) is 12.0 Å². The summed E-state index contributed by atoms with van der Waals surface area (Å²) in [6.07, 6.45) is -0.449. The minimum Gasteiger partial charge on any atom is -0.444 e. The Kier molecular flexibility index (Phi) is 6.87. The normalized spacial score (nSPS) is 16.6. The van der Waals surface area contributed by atoms with Crippen molar-refractivity contribution < 1.29 is 22.7 Å². The molecule has 0 radical (unpaired) electrons. The van der Waals surface area contributed by atoms with E-state index in [1.807, 2.05) is 6.07 Å². The molecule has 0 bridgehead atoms. The number of alkyl halides is 2. The predicted molar refractivity (Wildman–Crippen MR) is 100 cm³/mol. The number of nitrogens with one attached hydrogen (secondary N) is 1. The van der Waals surface area contributed by atoms with Gasteiger partial charge < -0.3 is 10.1 Å². The summed E-state index contributed by atoms with van der Waals surface area (Å²) in [6, 6.07) is 6.85. The number of nitrogens with zero attached hydrogens (tertiary/aromatic N) is 1. The number of rotatable bonds is 6. The SMILES string of the molecule is CSC(C)(C#N)CC(F)(F)[C@](C)(NC(=O)OC(C)(C)C)c1ccccc1F. The van der Waals surface area contributed by atoms with Crippen molar-refractivity contribution in [1.29, 1.82) is 5.26 Å². The molecule has 1 aromatic carbocycles. The quantitative estimate of drug-likeness (QED) is 0.707. The highest BCUT2D eigenvalue weighted by Crippen LogP contribution is 2.46. The van der Waals surface area contributed by atoms with Gasteiger partial charge in [-0.3, -0.25) is 0 Å². The maximum absolute atomic E-state index is 15.4. The van der Waals surface area contributed by atoms with Crippen LogP contribution >= 0.6 is 11.8 Å². The summed E-state index contributed by atoms with van der Waals surface area (Å²) in [4.78, 5) is 12.3. The minimum absolute atomic E-state index is 0.387. The van der Waals surface area contributed by atoms with Gasteiger partial charge in [-0.25, -0.2) is 18.0 Å². The largest absolute Gasteiger partial charge is 0.444 e. The third kappa shape index (κ3) is 5.55. The molecule has 0 saturated heterocycles. The molecule has 1 amide bonds. The Morgan fingerprint density at radius 3 is 2.22 bits per heavy atom. The highest BCUT2D eigenvalue weighted by Gasteiger charge is 2.57. The summed E-state index contributed by atoms with van der Waals surface area (Å²) in [7, 11) is 0. The lowest BCUT2D eigenvalue weighted by molar-refractivity contribution is -0.0977. The lowest BCUT2D eigenvalue weighted by atomic mass is 9.81. The maximum Gasteiger partial charge on any atom is 0.408 e. The Balaban J connectivity index is 3.44. The van der Waals surface area contributed by atoms with Crippen LogP contribution in [0, 0.1) is 17.1 Å². The van der Waals surface area contributed by atoms with Gasteiger partial charge in [0.15, 0.2) is 0 Å². The van der Waals surface area contributed by atoms with Crippen LogP contribution in [0.4, 0.5) is 18.0 Å². The fraction of sp³-hybridized carbons (Fsp3) is 0.579. The van der Waals surface area contributed by atoms with Gasteiger partial charge in [-0.1, -0.05) is 18.2 Å². The number of alkyl carbamates (subject to hydrolysis) is 1. The van der Waals surface area contributed by atoms with Gasteiger partial charge in [-0.15, -0.1) is 11.8 Å². The molecule has 0 fully saturated rings. The van der Waals surface area contributed by atoms with Crippen molar-refractivity contribution in [3.05, 3.63) is 35.6 Å². The number of nitriles is 1. The van der Waals surface area contributed by atoms with E-state index in [0.29, 0.717) is 0 Å². The van der Waals surface area contributed by atoms with Crippen LogP contribution < -0.4 is 5.32 Å². The molecule has 8 heteroatoms. The molecule has 1 aromatic rings. The van der Waals surface area contributed by atoms with Crippen molar-refractivity contribution in [3.63, 3.8) is 0 Å². The smallest absolute Gasteiger partial charge is 0.408 e. The van der Waals surface area contributed by atoms with Crippen LogP contribution in [0.15, 0.2) is 24.3 Å². The third-order valence-corrected chi connectivity index (χ3v) is 5.28. The monoisotopic (exact) mass is 402 g/mol. The van der Waals surface area contributed by atoms with Gasteiger partial charge in [-0.05, 0) is 46.9 Å². The first-order chi connectivity index (χ1) is 12.2. The van der Waals surface area contributed by atoms with Gasteiger partial charge in [0.1, 0.15) is 21.7 Å². The van der Waals surface area contributed by atoms with E-state index in [9.17, 15) is 14.4 Å². The number of carbonyl (C=O) groups excluding carboxylic acids is 1. The Bertz CT molecular complexity index is 730. The van der Waals surface area contributed by atoms with Gasteiger partial charge in [0.2, 0.25) is 0 Å². The first-order valence-corrected chi connectivity index (χ1v) is 9.52. The van der Waals surface area contributed by atoms with E-state index in [2.05, 4.69) is 5.32 Å². The first-order valence-electron chi connectivity index (χ1n) is 8.30. The number of ether oxygens (including phenoxy) is 1. The number of amides is 1. The van der Waals surface area contributed by atoms with Crippen molar-refractivity contribution in [2.24, 2.45) is 0 Å². The maximum atomic E-state index is 15.4. The standard InChI is InChI=1S/C19H25F3N2O2S/c1-16(2,3)26-15(25)24-18(5,13-9-7-8-10-14(13)20)19(21,22)11-17(4,12-23)27-6/h7-10H,11H2,1-6H3,(H,24,25)/t17?,18-/m1/s1. The second-order valence-corrected chi connectivity index (χ2v) is 8.97. The number of carbonyl (C=O) groups is 1. The average molecular weight is 402 g/mol. The van der Waals surface area contributed by atoms with Crippen LogP contribution in [0.1, 0.15) is 46.6 Å². The number of halogens is 3. The van der Waals surface area contributed by atoms with E-state index >= 15 is 8.78 Å². The molecule has 2 atom stereocenters. The van der Waals surface area contributed by atoms with Crippen LogP contribution in [0.25, 0.3) is 0 Å². The molecule has 150 valence electrons. The molecule has 0 aliphatic carbocycles. The summed E-state index contributed by atoms with van der Waals surface area (Å²) in [6.45, 7) is 7.18. The zero-order valence-electron chi connectivity index (χ0n) is 16.3. The highest BCUT2D eigenvalue weighted by atomic mass is 32.2. The number of hydrogen-bond acceptors (Lipinski definition) is 4. The Morgan fingerprint density at radius 1 is 1.22 bits per heavy atom. The molecule has 27 heavy (non-hydrogen) atoms. The molecule has 0 aromatic heterocycles. The molecule has 0 aliphatic heterocycles. The molecule has 1 rings (SSSR count). The fourth-order valence-corrected chi connectivity index (χ4v) is 2.90. The summed E-state index contributed by atoms with van der Waals surface area (Å²) in [5.41, 5.74) is -3.73. The zero-order valence-corrected chi connectivity index (χ0v) is 17.1. The molecule has 0 aliphatic rings. The number of thioether (sulfide) groups is 1. The third-order valence-electron chi connectivity index (χ3n) is 4.14. The molecule has 1 unspecified atom stereocenters. The zero-order chi connectivity index (χ0) is 21.1. The van der Waals surface area contributed by atoms with Crippen molar-refractivity contribution in [3.8, 4) is 6.07 Å². The molecule has 0 heterocycles. The van der Waals surface area contributed by atoms with E-state index in [4.69, 9.17) is 4.74 Å². The fourth-order valence-electron chi connectivity index (χ4n) is 2.49. The molecule has 4 nitrogen and oxygen atoms in total. The topological polar surface area (TPSA) is 62.1 Å². The van der Waals surface area contributed by atoms with E-state index in [1.54, 1.807) is 27.0 Å². The van der Waals surface area contributed by atoms with Gasteiger partial charge >= 0.3 is 6.09 Å². The van der Waals surface area contributed by atoms with E-state index in [0.717, 1.165) is 24.8 Å². The highest BCUT2D eigenvalue weighted by molar-refractivity contribution is 8.00. The second kappa shape index (κ2) is 8.01. The van der Waals surface area contributed by atoms with Crippen LogP contribution in [0.5, 0.6) is 0 Å². The molecule has 1 N–H and O–H groups in total. The van der Waals surface area contributed by atoms with Crippen LogP contribution in [0.3, 0.4) is 0 Å². The van der Waals surface area contributed by atoms with Gasteiger partial charge in [-0.2, -0.15) is 5.26 Å².